The van der Waals surface area contributed by atoms with Crippen LogP contribution in [0.4, 0.5) is 5.69 Å². The molecule has 0 saturated carbocycles. The first kappa shape index (κ1) is 17.3. The molecule has 0 fully saturated rings. The third-order valence-electron chi connectivity index (χ3n) is 3.49. The lowest BCUT2D eigenvalue weighted by atomic mass is 10.0. The third-order valence-corrected chi connectivity index (χ3v) is 3.49. The van der Waals surface area contributed by atoms with Gasteiger partial charge in [-0.05, 0) is 43.5 Å². The molecule has 0 aromatic heterocycles. The van der Waals surface area contributed by atoms with Crippen molar-refractivity contribution in [3.63, 3.8) is 0 Å². The van der Waals surface area contributed by atoms with Gasteiger partial charge in [0.25, 0.3) is 5.69 Å². The summed E-state index contributed by atoms with van der Waals surface area (Å²) in [5.74, 6) is 0.0392. The minimum atomic E-state index is -0.451. The van der Waals surface area contributed by atoms with Gasteiger partial charge in [-0.3, -0.25) is 10.1 Å². The summed E-state index contributed by atoms with van der Waals surface area (Å²) in [5.41, 5.74) is 2.86. The second-order valence-corrected chi connectivity index (χ2v) is 5.71. The van der Waals surface area contributed by atoms with Crippen LogP contribution in [0, 0.1) is 10.1 Å². The monoisotopic (exact) mass is 325 g/mol. The van der Waals surface area contributed by atoms with Gasteiger partial charge in [-0.25, -0.2) is 0 Å². The Hall–Kier alpha value is -3.08. The van der Waals surface area contributed by atoms with Gasteiger partial charge in [0.15, 0.2) is 0 Å². The average molecular weight is 325 g/mol. The maximum absolute atomic E-state index is 10.8. The van der Waals surface area contributed by atoms with Crippen LogP contribution in [-0.4, -0.2) is 15.1 Å². The van der Waals surface area contributed by atoms with Crippen LogP contribution >= 0.6 is 0 Å². The Bertz CT molecular complexity index is 795. The minimum Gasteiger partial charge on any atom is -0.507 e. The van der Waals surface area contributed by atoms with Gasteiger partial charge in [-0.1, -0.05) is 35.9 Å². The molecule has 0 aliphatic carbocycles. The van der Waals surface area contributed by atoms with Crippen LogP contribution in [0.25, 0.3) is 12.2 Å². The van der Waals surface area contributed by atoms with E-state index in [1.165, 1.54) is 12.1 Å². The fourth-order valence-corrected chi connectivity index (χ4v) is 2.21. The predicted octanol–water partition coefficient (Wildman–Crippen LogP) is 4.69. The van der Waals surface area contributed by atoms with Gasteiger partial charge in [0.1, 0.15) is 11.5 Å². The van der Waals surface area contributed by atoms with Crippen molar-refractivity contribution in [3.05, 3.63) is 74.9 Å². The molecule has 0 spiro atoms. The Kier molecular flexibility index (Phi) is 5.37. The van der Waals surface area contributed by atoms with Crippen molar-refractivity contribution in [3.8, 4) is 11.5 Å². The summed E-state index contributed by atoms with van der Waals surface area (Å²) in [6.45, 7) is 3.90. The number of benzene rings is 2. The Balaban J connectivity index is 2.26. The van der Waals surface area contributed by atoms with Crippen molar-refractivity contribution in [2.45, 2.75) is 20.3 Å². The van der Waals surface area contributed by atoms with Crippen molar-refractivity contribution >= 4 is 17.8 Å². The van der Waals surface area contributed by atoms with Crippen LogP contribution in [0.1, 0.15) is 30.5 Å². The number of non-ortho nitro benzene ring substituents is 1. The van der Waals surface area contributed by atoms with Crippen molar-refractivity contribution in [1.82, 2.24) is 0 Å². The van der Waals surface area contributed by atoms with E-state index < -0.39 is 4.92 Å². The van der Waals surface area contributed by atoms with Gasteiger partial charge in [0, 0.05) is 17.7 Å². The number of hydrogen-bond acceptors (Lipinski definition) is 4. The first-order valence-corrected chi connectivity index (χ1v) is 7.47. The van der Waals surface area contributed by atoms with E-state index in [9.17, 15) is 20.3 Å². The molecule has 0 bridgehead atoms. The maximum atomic E-state index is 10.8. The van der Waals surface area contributed by atoms with E-state index >= 15 is 0 Å². The first-order valence-electron chi connectivity index (χ1n) is 7.47. The van der Waals surface area contributed by atoms with Gasteiger partial charge in [-0.15, -0.1) is 0 Å². The molecule has 2 N–H and O–H groups in total. The largest absolute Gasteiger partial charge is 0.507 e. The topological polar surface area (TPSA) is 83.6 Å². The molecule has 5 heteroatoms. The van der Waals surface area contributed by atoms with Crippen LogP contribution < -0.4 is 0 Å². The summed E-state index contributed by atoms with van der Waals surface area (Å²) in [7, 11) is 0. The van der Waals surface area contributed by atoms with Gasteiger partial charge < -0.3 is 10.2 Å². The normalized spacial score (nSPS) is 10.8. The third kappa shape index (κ3) is 4.46. The van der Waals surface area contributed by atoms with Crippen molar-refractivity contribution in [1.29, 1.82) is 0 Å². The molecule has 0 aliphatic heterocycles. The van der Waals surface area contributed by atoms with Crippen molar-refractivity contribution < 1.29 is 15.1 Å². The number of phenolic OH excluding ortho intramolecular Hbond substituents is 2. The molecule has 0 unspecified atom stereocenters. The molecule has 0 atom stereocenters. The summed E-state index contributed by atoms with van der Waals surface area (Å²) in [5, 5.41) is 30.9. The van der Waals surface area contributed by atoms with E-state index in [0.717, 1.165) is 5.57 Å². The number of nitrogens with zero attached hydrogens (tertiary/aromatic N) is 1. The molecule has 124 valence electrons. The van der Waals surface area contributed by atoms with Crippen LogP contribution in [0.2, 0.25) is 0 Å². The smallest absolute Gasteiger partial charge is 0.270 e. The van der Waals surface area contributed by atoms with Crippen LogP contribution in [0.5, 0.6) is 11.5 Å². The van der Waals surface area contributed by atoms with E-state index in [2.05, 4.69) is 0 Å². The molecule has 2 aromatic rings. The van der Waals surface area contributed by atoms with Gasteiger partial charge in [0.05, 0.1) is 4.92 Å². The second kappa shape index (κ2) is 7.46. The molecular weight excluding hydrogens is 306 g/mol. The maximum Gasteiger partial charge on any atom is 0.270 e. The van der Waals surface area contributed by atoms with Gasteiger partial charge in [0.2, 0.25) is 0 Å². The Morgan fingerprint density at radius 1 is 1.08 bits per heavy atom. The summed E-state index contributed by atoms with van der Waals surface area (Å²) >= 11 is 0. The van der Waals surface area contributed by atoms with E-state index in [-0.39, 0.29) is 17.2 Å². The van der Waals surface area contributed by atoms with Gasteiger partial charge in [-0.2, -0.15) is 0 Å². The lowest BCUT2D eigenvalue weighted by Crippen LogP contribution is -1.88. The van der Waals surface area contributed by atoms with E-state index in [1.54, 1.807) is 36.4 Å². The highest BCUT2D eigenvalue weighted by Gasteiger charge is 2.08. The molecule has 2 rings (SSSR count). The Morgan fingerprint density at radius 2 is 1.71 bits per heavy atom. The number of phenols is 2. The minimum absolute atomic E-state index is 0.0138. The average Bonchev–Trinajstić information content (AvgIpc) is 2.52. The first-order chi connectivity index (χ1) is 11.4. The van der Waals surface area contributed by atoms with Gasteiger partial charge >= 0.3 is 0 Å². The summed E-state index contributed by atoms with van der Waals surface area (Å²) in [6, 6.07) is 9.34. The Labute approximate surface area is 140 Å². The molecule has 0 aliphatic rings. The molecule has 0 radical (unpaired) electrons. The number of nitro groups is 1. The van der Waals surface area contributed by atoms with Crippen LogP contribution in [0.3, 0.4) is 0 Å². The fraction of sp³-hybridized carbons (Fsp3) is 0.158. The lowest BCUT2D eigenvalue weighted by Gasteiger charge is -2.07. The zero-order valence-electron chi connectivity index (χ0n) is 13.6. The molecular formula is C19H19NO4. The Morgan fingerprint density at radius 3 is 2.29 bits per heavy atom. The lowest BCUT2D eigenvalue weighted by molar-refractivity contribution is -0.384. The molecule has 0 heterocycles. The standard InChI is InChI=1S/C19H19NO4/c1-13(2)6-9-17-18(21)11-15(12-19(17)22)8-7-14-4-3-5-16(10-14)20(23)24/h3-8,10-12,21-22H,9H2,1-2H3. The summed E-state index contributed by atoms with van der Waals surface area (Å²) in [6.07, 6.45) is 5.75. The molecule has 2 aromatic carbocycles. The number of rotatable bonds is 5. The van der Waals surface area contributed by atoms with Crippen molar-refractivity contribution in [2.75, 3.05) is 0 Å². The predicted molar refractivity (Wildman–Crippen MR) is 94.9 cm³/mol. The number of allylic oxidation sites excluding steroid dienone is 2. The summed E-state index contributed by atoms with van der Waals surface area (Å²) in [4.78, 5) is 10.3. The quantitative estimate of drug-likeness (QED) is 0.362. The van der Waals surface area contributed by atoms with Crippen LogP contribution in [-0.2, 0) is 6.42 Å². The van der Waals surface area contributed by atoms with Crippen molar-refractivity contribution in [2.24, 2.45) is 0 Å². The molecule has 0 amide bonds. The zero-order valence-corrected chi connectivity index (χ0v) is 13.6. The highest BCUT2D eigenvalue weighted by atomic mass is 16.6. The molecule has 24 heavy (non-hydrogen) atoms. The van der Waals surface area contributed by atoms with E-state index in [4.69, 9.17) is 0 Å². The van der Waals surface area contributed by atoms with Crippen LogP contribution in [0.15, 0.2) is 48.0 Å². The second-order valence-electron chi connectivity index (χ2n) is 5.71. The molecule has 5 nitrogen and oxygen atoms in total. The fourth-order valence-electron chi connectivity index (χ4n) is 2.21. The summed E-state index contributed by atoms with van der Waals surface area (Å²) < 4.78 is 0. The highest BCUT2D eigenvalue weighted by molar-refractivity contribution is 5.72. The SMILES string of the molecule is CC(C)=CCc1c(O)cc(C=Cc2cccc([N+](=O)[O-])c2)cc1O. The number of aromatic hydroxyl groups is 2. The molecule has 0 saturated heterocycles. The van der Waals surface area contributed by atoms with E-state index in [0.29, 0.717) is 23.1 Å². The van der Waals surface area contributed by atoms with E-state index in [1.807, 2.05) is 19.9 Å². The highest BCUT2D eigenvalue weighted by Crippen LogP contribution is 2.30. The number of nitro benzene ring substituents is 1. The zero-order chi connectivity index (χ0) is 17.7. The number of hydrogen-bond donors (Lipinski definition) is 2.